The molecule has 2 nitrogen and oxygen atoms in total. The van der Waals surface area contributed by atoms with Gasteiger partial charge in [-0.1, -0.05) is 0 Å². The van der Waals surface area contributed by atoms with Gasteiger partial charge in [-0.25, -0.2) is 0 Å². The van der Waals surface area contributed by atoms with E-state index in [4.69, 9.17) is 0 Å². The van der Waals surface area contributed by atoms with E-state index in [2.05, 4.69) is 4.98 Å². The number of aromatic nitrogens is 2. The van der Waals surface area contributed by atoms with E-state index in [-0.39, 0.29) is 0 Å². The molecule has 0 aliphatic heterocycles. The van der Waals surface area contributed by atoms with Crippen molar-refractivity contribution in [3.8, 4) is 0 Å². The first kappa shape index (κ1) is 7.10. The molecule has 0 aliphatic carbocycles. The van der Waals surface area contributed by atoms with Crippen molar-refractivity contribution in [2.45, 2.75) is 0 Å². The largest absolute Gasteiger partial charge is 0.344 e. The molecular weight excluding hydrogens is 148 g/mol. The Balaban J connectivity index is 2.15. The molecular formula is C10H9N2. The summed E-state index contributed by atoms with van der Waals surface area (Å²) in [6, 6.07) is 7.94. The highest BCUT2D eigenvalue weighted by atomic mass is 14.9. The minimum atomic E-state index is 1.15. The van der Waals surface area contributed by atoms with Crippen LogP contribution in [0.25, 0.3) is 0 Å². The predicted molar refractivity (Wildman–Crippen MR) is 47.5 cm³/mol. The molecule has 0 N–H and O–H groups in total. The summed E-state index contributed by atoms with van der Waals surface area (Å²) >= 11 is 0. The minimum absolute atomic E-state index is 1.15. The summed E-state index contributed by atoms with van der Waals surface area (Å²) in [4.78, 5) is 3.95. The van der Waals surface area contributed by atoms with Crippen molar-refractivity contribution in [1.29, 1.82) is 0 Å². The van der Waals surface area contributed by atoms with E-state index in [1.165, 1.54) is 0 Å². The Morgan fingerprint density at radius 1 is 1.08 bits per heavy atom. The Morgan fingerprint density at radius 3 is 2.42 bits per heavy atom. The van der Waals surface area contributed by atoms with Gasteiger partial charge >= 0.3 is 0 Å². The number of rotatable bonds is 2. The average molecular weight is 157 g/mol. The quantitative estimate of drug-likeness (QED) is 0.651. The van der Waals surface area contributed by atoms with Crippen LogP contribution in [0.15, 0.2) is 49.1 Å². The molecule has 59 valence electrons. The fraction of sp³-hybridized carbons (Fsp3) is 0. The third-order valence-corrected chi connectivity index (χ3v) is 1.63. The molecule has 2 rings (SSSR count). The Morgan fingerprint density at radius 2 is 1.75 bits per heavy atom. The summed E-state index contributed by atoms with van der Waals surface area (Å²) in [6.45, 7) is 2.04. The van der Waals surface area contributed by atoms with Crippen LogP contribution in [0.5, 0.6) is 0 Å². The number of pyridine rings is 1. The number of hydrogen-bond acceptors (Lipinski definition) is 1. The van der Waals surface area contributed by atoms with Gasteiger partial charge in [0.2, 0.25) is 0 Å². The van der Waals surface area contributed by atoms with Gasteiger partial charge < -0.3 is 4.57 Å². The highest BCUT2D eigenvalue weighted by molar-refractivity contribution is 5.20. The third-order valence-electron chi connectivity index (χ3n) is 1.63. The normalized spacial score (nSPS) is 10.0. The summed E-state index contributed by atoms with van der Waals surface area (Å²) in [5, 5.41) is 0. The van der Waals surface area contributed by atoms with Crippen LogP contribution in [0.3, 0.4) is 0 Å². The zero-order chi connectivity index (χ0) is 8.23. The third kappa shape index (κ3) is 1.53. The van der Waals surface area contributed by atoms with Crippen LogP contribution < -0.4 is 0 Å². The van der Waals surface area contributed by atoms with Gasteiger partial charge in [0.1, 0.15) is 0 Å². The van der Waals surface area contributed by atoms with E-state index in [1.54, 1.807) is 12.4 Å². The van der Waals surface area contributed by atoms with E-state index >= 15 is 0 Å². The smallest absolute Gasteiger partial charge is 0.0829 e. The van der Waals surface area contributed by atoms with Crippen LogP contribution in [0.2, 0.25) is 0 Å². The van der Waals surface area contributed by atoms with Crippen molar-refractivity contribution < 1.29 is 0 Å². The average Bonchev–Trinajstić information content (AvgIpc) is 2.59. The lowest BCUT2D eigenvalue weighted by Gasteiger charge is -1.99. The van der Waals surface area contributed by atoms with Gasteiger partial charge in [0.15, 0.2) is 0 Å². The molecule has 0 spiro atoms. The van der Waals surface area contributed by atoms with Gasteiger partial charge in [0.05, 0.1) is 6.54 Å². The molecule has 0 amide bonds. The highest BCUT2D eigenvalue weighted by Gasteiger charge is 1.91. The molecule has 0 bridgehead atoms. The van der Waals surface area contributed by atoms with Crippen LogP contribution in [0, 0.1) is 6.54 Å². The minimum Gasteiger partial charge on any atom is -0.344 e. The van der Waals surface area contributed by atoms with Crippen molar-refractivity contribution in [2.75, 3.05) is 0 Å². The molecule has 0 aliphatic rings. The van der Waals surface area contributed by atoms with E-state index in [9.17, 15) is 0 Å². The van der Waals surface area contributed by atoms with Crippen molar-refractivity contribution in [1.82, 2.24) is 9.55 Å². The molecule has 0 saturated carbocycles. The lowest BCUT2D eigenvalue weighted by atomic mass is 10.3. The lowest BCUT2D eigenvalue weighted by molar-refractivity contribution is 0.992. The topological polar surface area (TPSA) is 17.8 Å². The van der Waals surface area contributed by atoms with Gasteiger partial charge in [0.25, 0.3) is 0 Å². The number of nitrogens with zero attached hydrogens (tertiary/aromatic N) is 2. The maximum Gasteiger partial charge on any atom is 0.0829 e. The van der Waals surface area contributed by atoms with Crippen LogP contribution >= 0.6 is 0 Å². The molecule has 2 aromatic rings. The van der Waals surface area contributed by atoms with Gasteiger partial charge in [-0.15, -0.1) is 0 Å². The van der Waals surface area contributed by atoms with Gasteiger partial charge in [0, 0.05) is 24.8 Å². The molecule has 0 fully saturated rings. The first-order valence-corrected chi connectivity index (χ1v) is 3.82. The maximum atomic E-state index is 3.95. The van der Waals surface area contributed by atoms with Crippen molar-refractivity contribution in [3.05, 3.63) is 61.2 Å². The van der Waals surface area contributed by atoms with Gasteiger partial charge in [-0.2, -0.15) is 0 Å². The molecule has 0 saturated heterocycles. The molecule has 1 radical (unpaired) electrons. The summed E-state index contributed by atoms with van der Waals surface area (Å²) in [5.74, 6) is 0. The summed E-state index contributed by atoms with van der Waals surface area (Å²) in [6.07, 6.45) is 7.57. The summed E-state index contributed by atoms with van der Waals surface area (Å²) in [7, 11) is 0. The monoisotopic (exact) mass is 157 g/mol. The highest BCUT2D eigenvalue weighted by Crippen LogP contribution is 2.02. The first-order valence-electron chi connectivity index (χ1n) is 3.82. The second-order valence-electron chi connectivity index (χ2n) is 2.54. The van der Waals surface area contributed by atoms with E-state index in [1.807, 2.05) is 47.8 Å². The fourth-order valence-electron chi connectivity index (χ4n) is 1.06. The van der Waals surface area contributed by atoms with Gasteiger partial charge in [-0.3, -0.25) is 4.98 Å². The number of hydrogen-bond donors (Lipinski definition) is 0. The Bertz CT molecular complexity index is 324. The predicted octanol–water partition coefficient (Wildman–Crippen LogP) is 1.94. The molecule has 0 atom stereocenters. The summed E-state index contributed by atoms with van der Waals surface area (Å²) in [5.41, 5.74) is 1.15. The van der Waals surface area contributed by atoms with Gasteiger partial charge in [-0.05, 0) is 29.8 Å². The molecule has 2 heteroatoms. The van der Waals surface area contributed by atoms with Crippen molar-refractivity contribution >= 4 is 0 Å². The maximum absolute atomic E-state index is 3.95. The lowest BCUT2D eigenvalue weighted by Crippen LogP contribution is -1.91. The zero-order valence-electron chi connectivity index (χ0n) is 6.59. The standard InChI is InChI=1S/C10H9N2/c1-2-8-12(7-1)9-10-3-5-11-6-4-10/h1-9H. The van der Waals surface area contributed by atoms with Crippen LogP contribution in [-0.2, 0) is 0 Å². The Hall–Kier alpha value is -1.57. The molecule has 2 aromatic heterocycles. The molecule has 2 heterocycles. The van der Waals surface area contributed by atoms with Crippen molar-refractivity contribution in [2.24, 2.45) is 0 Å². The van der Waals surface area contributed by atoms with E-state index in [0.717, 1.165) is 5.56 Å². The zero-order valence-corrected chi connectivity index (χ0v) is 6.59. The van der Waals surface area contributed by atoms with Crippen LogP contribution in [0.1, 0.15) is 5.56 Å². The fourth-order valence-corrected chi connectivity index (χ4v) is 1.06. The summed E-state index contributed by atoms with van der Waals surface area (Å²) < 4.78 is 2.01. The second kappa shape index (κ2) is 3.22. The second-order valence-corrected chi connectivity index (χ2v) is 2.54. The SMILES string of the molecule is [CH](c1ccncc1)n1cccc1. The molecule has 0 aromatic carbocycles. The first-order chi connectivity index (χ1) is 5.95. The van der Waals surface area contributed by atoms with E-state index < -0.39 is 0 Å². The Kier molecular flexibility index (Phi) is 1.90. The van der Waals surface area contributed by atoms with Crippen LogP contribution in [-0.4, -0.2) is 9.55 Å². The van der Waals surface area contributed by atoms with Crippen molar-refractivity contribution in [3.63, 3.8) is 0 Å². The van der Waals surface area contributed by atoms with Crippen LogP contribution in [0.4, 0.5) is 0 Å². The molecule has 12 heavy (non-hydrogen) atoms. The Labute approximate surface area is 71.5 Å². The molecule has 0 unspecified atom stereocenters. The van der Waals surface area contributed by atoms with E-state index in [0.29, 0.717) is 0 Å².